The minimum Gasteiger partial charge on any atom is -0.369 e. The maximum absolute atomic E-state index is 13.0. The predicted octanol–water partition coefficient (Wildman–Crippen LogP) is 2.02. The zero-order valence-corrected chi connectivity index (χ0v) is 9.94. The van der Waals surface area contributed by atoms with E-state index in [2.05, 4.69) is 9.97 Å². The van der Waals surface area contributed by atoms with Gasteiger partial charge in [0.2, 0.25) is 0 Å². The number of piperidine rings is 1. The third kappa shape index (κ3) is 2.27. The third-order valence-electron chi connectivity index (χ3n) is 3.35. The zero-order valence-electron chi connectivity index (χ0n) is 9.94. The fourth-order valence-corrected chi connectivity index (χ4v) is 2.15. The average molecular weight is 261 g/mol. The molecule has 18 heavy (non-hydrogen) atoms. The minimum atomic E-state index is -4.34. The molecule has 0 unspecified atom stereocenters. The number of hydrogen-bond acceptors (Lipinski definition) is 4. The summed E-state index contributed by atoms with van der Waals surface area (Å²) < 4.78 is 43.6. The van der Waals surface area contributed by atoms with Gasteiger partial charge in [-0.25, -0.2) is 4.98 Å². The highest BCUT2D eigenvalue weighted by atomic mass is 19.4. The van der Waals surface area contributed by atoms with Crippen LogP contribution in [0.2, 0.25) is 0 Å². The lowest BCUT2D eigenvalue weighted by molar-refractivity contribution is -0.276. The normalized spacial score (nSPS) is 19.9. The van der Waals surface area contributed by atoms with E-state index in [0.717, 1.165) is 7.11 Å². The molecular weight excluding hydrogens is 247 g/mol. The Labute approximate surface area is 103 Å². The van der Waals surface area contributed by atoms with Crippen LogP contribution in [0.1, 0.15) is 12.8 Å². The highest BCUT2D eigenvalue weighted by Gasteiger charge is 2.56. The van der Waals surface area contributed by atoms with Crippen molar-refractivity contribution in [3.05, 3.63) is 18.6 Å². The van der Waals surface area contributed by atoms with Gasteiger partial charge in [0.25, 0.3) is 0 Å². The van der Waals surface area contributed by atoms with E-state index in [0.29, 0.717) is 5.82 Å². The number of methoxy groups -OCH3 is 1. The topological polar surface area (TPSA) is 38.2 Å². The molecular formula is C11H14F3N3O. The Morgan fingerprint density at radius 3 is 2.39 bits per heavy atom. The van der Waals surface area contributed by atoms with Crippen LogP contribution in [-0.2, 0) is 4.74 Å². The molecule has 1 aliphatic rings. The summed E-state index contributed by atoms with van der Waals surface area (Å²) in [6, 6.07) is 0. The molecule has 100 valence electrons. The van der Waals surface area contributed by atoms with Gasteiger partial charge in [0.05, 0.1) is 6.20 Å². The molecule has 0 spiro atoms. The molecule has 1 aromatic heterocycles. The zero-order chi connectivity index (χ0) is 13.2. The fraction of sp³-hybridized carbons (Fsp3) is 0.636. The molecule has 7 heteroatoms. The van der Waals surface area contributed by atoms with E-state index in [4.69, 9.17) is 4.74 Å². The molecule has 0 aliphatic carbocycles. The van der Waals surface area contributed by atoms with Crippen molar-refractivity contribution in [2.75, 3.05) is 25.1 Å². The quantitative estimate of drug-likeness (QED) is 0.816. The first-order chi connectivity index (χ1) is 8.48. The molecule has 0 atom stereocenters. The van der Waals surface area contributed by atoms with Crippen molar-refractivity contribution in [3.63, 3.8) is 0 Å². The van der Waals surface area contributed by atoms with Gasteiger partial charge in [-0.15, -0.1) is 0 Å². The molecule has 0 radical (unpaired) electrons. The maximum atomic E-state index is 13.0. The van der Waals surface area contributed by atoms with E-state index >= 15 is 0 Å². The molecule has 1 fully saturated rings. The van der Waals surface area contributed by atoms with Crippen LogP contribution in [0.15, 0.2) is 18.6 Å². The number of alkyl halides is 3. The predicted molar refractivity (Wildman–Crippen MR) is 59.3 cm³/mol. The molecule has 0 amide bonds. The molecule has 0 aromatic carbocycles. The van der Waals surface area contributed by atoms with Crippen molar-refractivity contribution >= 4 is 5.82 Å². The van der Waals surface area contributed by atoms with E-state index in [1.807, 2.05) is 0 Å². The summed E-state index contributed by atoms with van der Waals surface area (Å²) in [5.41, 5.74) is -2.02. The van der Waals surface area contributed by atoms with Crippen molar-refractivity contribution < 1.29 is 17.9 Å². The van der Waals surface area contributed by atoms with Crippen molar-refractivity contribution in [2.45, 2.75) is 24.6 Å². The maximum Gasteiger partial charge on any atom is 0.417 e. The summed E-state index contributed by atoms with van der Waals surface area (Å²) in [4.78, 5) is 9.77. The summed E-state index contributed by atoms with van der Waals surface area (Å²) in [6.45, 7) is 0.512. The van der Waals surface area contributed by atoms with Gasteiger partial charge < -0.3 is 9.64 Å². The van der Waals surface area contributed by atoms with E-state index in [1.165, 1.54) is 12.4 Å². The van der Waals surface area contributed by atoms with E-state index in [1.54, 1.807) is 11.1 Å². The first-order valence-corrected chi connectivity index (χ1v) is 5.61. The van der Waals surface area contributed by atoms with Gasteiger partial charge in [-0.2, -0.15) is 13.2 Å². The summed E-state index contributed by atoms with van der Waals surface area (Å²) in [6.07, 6.45) is 0.0800. The summed E-state index contributed by atoms with van der Waals surface area (Å²) in [7, 11) is 1.12. The number of hydrogen-bond donors (Lipinski definition) is 0. The van der Waals surface area contributed by atoms with Gasteiger partial charge in [0.1, 0.15) is 5.82 Å². The van der Waals surface area contributed by atoms with Crippen LogP contribution in [0.5, 0.6) is 0 Å². The molecule has 2 rings (SSSR count). The molecule has 1 aliphatic heterocycles. The number of rotatable bonds is 2. The monoisotopic (exact) mass is 261 g/mol. The number of aromatic nitrogens is 2. The number of nitrogens with zero attached hydrogens (tertiary/aromatic N) is 3. The second-order valence-corrected chi connectivity index (χ2v) is 4.25. The van der Waals surface area contributed by atoms with E-state index in [-0.39, 0.29) is 25.9 Å². The Morgan fingerprint density at radius 2 is 1.94 bits per heavy atom. The summed E-state index contributed by atoms with van der Waals surface area (Å²) in [5.74, 6) is 0.601. The highest BCUT2D eigenvalue weighted by Crippen LogP contribution is 2.41. The van der Waals surface area contributed by atoms with Crippen LogP contribution in [-0.4, -0.2) is 41.9 Å². The Balaban J connectivity index is 2.08. The van der Waals surface area contributed by atoms with Gasteiger partial charge in [-0.3, -0.25) is 4.98 Å². The SMILES string of the molecule is COC1(C(F)(F)F)CCN(c2cnccn2)CC1. The molecule has 0 bridgehead atoms. The lowest BCUT2D eigenvalue weighted by Crippen LogP contribution is -2.54. The van der Waals surface area contributed by atoms with Gasteiger partial charge in [0.15, 0.2) is 5.60 Å². The molecule has 0 N–H and O–H groups in total. The van der Waals surface area contributed by atoms with E-state index in [9.17, 15) is 13.2 Å². The first-order valence-electron chi connectivity index (χ1n) is 5.61. The van der Waals surface area contributed by atoms with Crippen LogP contribution in [0.4, 0.5) is 19.0 Å². The lowest BCUT2D eigenvalue weighted by Gasteiger charge is -2.41. The second-order valence-electron chi connectivity index (χ2n) is 4.25. The fourth-order valence-electron chi connectivity index (χ4n) is 2.15. The smallest absolute Gasteiger partial charge is 0.369 e. The van der Waals surface area contributed by atoms with Crippen LogP contribution >= 0.6 is 0 Å². The Kier molecular flexibility index (Phi) is 3.43. The summed E-state index contributed by atoms with van der Waals surface area (Å²) in [5, 5.41) is 0. The highest BCUT2D eigenvalue weighted by molar-refractivity contribution is 5.36. The standard InChI is InChI=1S/C11H14F3N3O/c1-18-10(11(12,13)14)2-6-17(7-3-10)9-8-15-4-5-16-9/h4-5,8H,2-3,6-7H2,1H3. The number of ether oxygens (including phenoxy) is 1. The van der Waals surface area contributed by atoms with Gasteiger partial charge >= 0.3 is 6.18 Å². The van der Waals surface area contributed by atoms with Crippen LogP contribution in [0, 0.1) is 0 Å². The van der Waals surface area contributed by atoms with Crippen LogP contribution < -0.4 is 4.90 Å². The molecule has 0 saturated carbocycles. The van der Waals surface area contributed by atoms with Crippen molar-refractivity contribution in [2.24, 2.45) is 0 Å². The van der Waals surface area contributed by atoms with Crippen molar-refractivity contribution in [3.8, 4) is 0 Å². The second kappa shape index (κ2) is 4.72. The van der Waals surface area contributed by atoms with Crippen LogP contribution in [0.25, 0.3) is 0 Å². The average Bonchev–Trinajstić information content (AvgIpc) is 2.38. The Morgan fingerprint density at radius 1 is 1.28 bits per heavy atom. The van der Waals surface area contributed by atoms with Gasteiger partial charge in [-0.05, 0) is 0 Å². The Bertz CT molecular complexity index is 388. The molecule has 2 heterocycles. The molecule has 1 saturated heterocycles. The van der Waals surface area contributed by atoms with Gasteiger partial charge in [-0.1, -0.05) is 0 Å². The Hall–Kier alpha value is -1.37. The lowest BCUT2D eigenvalue weighted by atomic mass is 9.90. The number of halogens is 3. The summed E-state index contributed by atoms with van der Waals surface area (Å²) >= 11 is 0. The number of anilines is 1. The minimum absolute atomic E-state index is 0.0937. The molecule has 4 nitrogen and oxygen atoms in total. The first kappa shape index (κ1) is 13.1. The van der Waals surface area contributed by atoms with Gasteiger partial charge in [0, 0.05) is 45.4 Å². The van der Waals surface area contributed by atoms with Crippen LogP contribution in [0.3, 0.4) is 0 Å². The van der Waals surface area contributed by atoms with Crippen molar-refractivity contribution in [1.29, 1.82) is 0 Å². The third-order valence-corrected chi connectivity index (χ3v) is 3.35. The van der Waals surface area contributed by atoms with Crippen molar-refractivity contribution in [1.82, 2.24) is 9.97 Å². The molecule has 1 aromatic rings. The largest absolute Gasteiger partial charge is 0.417 e. The van der Waals surface area contributed by atoms with E-state index < -0.39 is 11.8 Å².